The van der Waals surface area contributed by atoms with Gasteiger partial charge >= 0.3 is 6.03 Å². The second-order valence-electron chi connectivity index (χ2n) is 5.32. The summed E-state index contributed by atoms with van der Waals surface area (Å²) >= 11 is 0. The van der Waals surface area contributed by atoms with Crippen molar-refractivity contribution < 1.29 is 14.1 Å². The minimum atomic E-state index is -0.191. The summed E-state index contributed by atoms with van der Waals surface area (Å²) in [5.74, 6) is 1.09. The van der Waals surface area contributed by atoms with Gasteiger partial charge in [-0.25, -0.2) is 4.79 Å². The van der Waals surface area contributed by atoms with E-state index in [1.54, 1.807) is 25.0 Å². The summed E-state index contributed by atoms with van der Waals surface area (Å²) in [6.07, 6.45) is 1.82. The number of anilines is 1. The van der Waals surface area contributed by atoms with Gasteiger partial charge in [0.2, 0.25) is 0 Å². The van der Waals surface area contributed by atoms with Gasteiger partial charge in [0.15, 0.2) is 5.82 Å². The lowest BCUT2D eigenvalue weighted by Crippen LogP contribution is -2.38. The van der Waals surface area contributed by atoms with E-state index in [4.69, 9.17) is 9.26 Å². The lowest BCUT2D eigenvalue weighted by molar-refractivity contribution is 0.154. The van der Waals surface area contributed by atoms with Gasteiger partial charge in [-0.1, -0.05) is 35.5 Å². The molecule has 2 rings (SSSR count). The van der Waals surface area contributed by atoms with Crippen LogP contribution >= 0.6 is 0 Å². The van der Waals surface area contributed by atoms with E-state index in [9.17, 15) is 4.79 Å². The second kappa shape index (κ2) is 8.95. The highest BCUT2D eigenvalue weighted by molar-refractivity contribution is 5.88. The average Bonchev–Trinajstić information content (AvgIpc) is 2.96. The van der Waals surface area contributed by atoms with Crippen molar-refractivity contribution >= 4 is 11.8 Å². The number of nitrogens with one attached hydrogen (secondary N) is 1. The van der Waals surface area contributed by atoms with Crippen molar-refractivity contribution in [3.63, 3.8) is 0 Å². The quantitative estimate of drug-likeness (QED) is 0.812. The third-order valence-corrected chi connectivity index (χ3v) is 3.45. The molecule has 23 heavy (non-hydrogen) atoms. The number of amides is 2. The first-order valence-corrected chi connectivity index (χ1v) is 7.71. The van der Waals surface area contributed by atoms with E-state index < -0.39 is 0 Å². The zero-order valence-corrected chi connectivity index (χ0v) is 13.6. The molecule has 0 radical (unpaired) electrons. The maximum atomic E-state index is 12.3. The summed E-state index contributed by atoms with van der Waals surface area (Å²) in [6.45, 7) is 3.47. The highest BCUT2D eigenvalue weighted by atomic mass is 16.5. The Labute approximate surface area is 136 Å². The van der Waals surface area contributed by atoms with Crippen molar-refractivity contribution in [2.24, 2.45) is 0 Å². The number of urea groups is 1. The number of rotatable bonds is 8. The Morgan fingerprint density at radius 3 is 2.74 bits per heavy atom. The van der Waals surface area contributed by atoms with E-state index >= 15 is 0 Å². The molecule has 0 atom stereocenters. The highest BCUT2D eigenvalue weighted by Crippen LogP contribution is 2.09. The summed E-state index contributed by atoms with van der Waals surface area (Å²) in [5, 5.41) is 6.53. The largest absolute Gasteiger partial charge is 0.383 e. The molecule has 1 heterocycles. The van der Waals surface area contributed by atoms with Crippen molar-refractivity contribution in [2.45, 2.75) is 19.8 Å². The predicted molar refractivity (Wildman–Crippen MR) is 88.5 cm³/mol. The molecule has 6 heteroatoms. The number of hydrogen-bond acceptors (Lipinski definition) is 4. The number of carbonyl (C=O) groups is 1. The van der Waals surface area contributed by atoms with E-state index in [0.717, 1.165) is 12.8 Å². The summed E-state index contributed by atoms with van der Waals surface area (Å²) in [7, 11) is 1.63. The van der Waals surface area contributed by atoms with Crippen molar-refractivity contribution in [2.75, 3.05) is 32.1 Å². The first kappa shape index (κ1) is 17.0. The summed E-state index contributed by atoms with van der Waals surface area (Å²) in [4.78, 5) is 14.1. The molecule has 0 aliphatic rings. The van der Waals surface area contributed by atoms with Crippen LogP contribution in [0.1, 0.15) is 17.7 Å². The first-order valence-electron chi connectivity index (χ1n) is 7.71. The average molecular weight is 317 g/mol. The molecule has 1 aromatic carbocycles. The third-order valence-electron chi connectivity index (χ3n) is 3.45. The van der Waals surface area contributed by atoms with E-state index in [-0.39, 0.29) is 6.03 Å². The maximum absolute atomic E-state index is 12.3. The van der Waals surface area contributed by atoms with Gasteiger partial charge in [-0.3, -0.25) is 5.32 Å². The number of aromatic nitrogens is 1. The Hall–Kier alpha value is -2.34. The molecule has 0 fully saturated rings. The van der Waals surface area contributed by atoms with Crippen LogP contribution in [0.4, 0.5) is 10.6 Å². The third kappa shape index (κ3) is 5.75. The lowest BCUT2D eigenvalue weighted by atomic mass is 10.1. The van der Waals surface area contributed by atoms with Crippen molar-refractivity contribution in [1.82, 2.24) is 10.1 Å². The van der Waals surface area contributed by atoms with Crippen LogP contribution in [0.3, 0.4) is 0 Å². The predicted octanol–water partition coefficient (Wildman–Crippen LogP) is 3.10. The van der Waals surface area contributed by atoms with Crippen LogP contribution in [0.15, 0.2) is 40.9 Å². The first-order chi connectivity index (χ1) is 11.2. The molecule has 0 unspecified atom stereocenters. The number of aryl methyl sites for hydroxylation is 2. The van der Waals surface area contributed by atoms with Crippen molar-refractivity contribution in [3.8, 4) is 0 Å². The number of hydrogen-bond donors (Lipinski definition) is 1. The van der Waals surface area contributed by atoms with Gasteiger partial charge in [0.25, 0.3) is 0 Å². The molecule has 1 aromatic heterocycles. The van der Waals surface area contributed by atoms with E-state index in [2.05, 4.69) is 22.6 Å². The maximum Gasteiger partial charge on any atom is 0.323 e. The minimum Gasteiger partial charge on any atom is -0.383 e. The zero-order chi connectivity index (χ0) is 16.5. The number of methoxy groups -OCH3 is 1. The summed E-state index contributed by atoms with van der Waals surface area (Å²) in [5.41, 5.74) is 1.27. The number of ether oxygens (including phenoxy) is 1. The number of nitrogens with zero attached hydrogens (tertiary/aromatic N) is 2. The van der Waals surface area contributed by atoms with Gasteiger partial charge in [-0.05, 0) is 25.3 Å². The molecule has 0 saturated carbocycles. The van der Waals surface area contributed by atoms with Gasteiger partial charge in [-0.15, -0.1) is 0 Å². The van der Waals surface area contributed by atoms with Crippen LogP contribution < -0.4 is 5.32 Å². The smallest absolute Gasteiger partial charge is 0.323 e. The topological polar surface area (TPSA) is 67.6 Å². The van der Waals surface area contributed by atoms with E-state index in [0.29, 0.717) is 31.3 Å². The minimum absolute atomic E-state index is 0.191. The van der Waals surface area contributed by atoms with Crippen molar-refractivity contribution in [1.29, 1.82) is 0 Å². The van der Waals surface area contributed by atoms with Gasteiger partial charge in [0.05, 0.1) is 6.61 Å². The fourth-order valence-electron chi connectivity index (χ4n) is 2.25. The molecule has 1 N–H and O–H groups in total. The lowest BCUT2D eigenvalue weighted by Gasteiger charge is -2.22. The molecule has 2 aromatic rings. The monoisotopic (exact) mass is 317 g/mol. The molecule has 0 aliphatic carbocycles. The van der Waals surface area contributed by atoms with Crippen LogP contribution in [-0.2, 0) is 11.2 Å². The van der Waals surface area contributed by atoms with Crippen LogP contribution in [-0.4, -0.2) is 42.9 Å². The molecule has 6 nitrogen and oxygen atoms in total. The van der Waals surface area contributed by atoms with Gasteiger partial charge < -0.3 is 14.2 Å². The highest BCUT2D eigenvalue weighted by Gasteiger charge is 2.14. The molecule has 2 amide bonds. The zero-order valence-electron chi connectivity index (χ0n) is 13.6. The Balaban J connectivity index is 1.86. The SMILES string of the molecule is COCCN(CCCc1ccccc1)C(=O)Nc1cc(C)on1. The number of carbonyl (C=O) groups excluding carboxylic acids is 1. The normalized spacial score (nSPS) is 10.5. The molecule has 124 valence electrons. The standard InChI is InChI=1S/C17H23N3O3/c1-14-13-16(19-23-14)18-17(21)20(11-12-22-2)10-6-9-15-7-4-3-5-8-15/h3-5,7-8,13H,6,9-12H2,1-2H3,(H,18,19,21). The molecular weight excluding hydrogens is 294 g/mol. The second-order valence-corrected chi connectivity index (χ2v) is 5.32. The van der Waals surface area contributed by atoms with Gasteiger partial charge in [-0.2, -0.15) is 0 Å². The molecule has 0 saturated heterocycles. The van der Waals surface area contributed by atoms with Crippen LogP contribution in [0.25, 0.3) is 0 Å². The Bertz CT molecular complexity index is 598. The fraction of sp³-hybridized carbons (Fsp3) is 0.412. The van der Waals surface area contributed by atoms with E-state index in [1.807, 2.05) is 18.2 Å². The van der Waals surface area contributed by atoms with Crippen molar-refractivity contribution in [3.05, 3.63) is 47.7 Å². The van der Waals surface area contributed by atoms with Gasteiger partial charge in [0.1, 0.15) is 5.76 Å². The Morgan fingerprint density at radius 2 is 2.09 bits per heavy atom. The molecule has 0 spiro atoms. The van der Waals surface area contributed by atoms with Crippen LogP contribution in [0, 0.1) is 6.92 Å². The van der Waals surface area contributed by atoms with Gasteiger partial charge in [0, 0.05) is 26.3 Å². The summed E-state index contributed by atoms with van der Waals surface area (Å²) < 4.78 is 10.0. The fourth-order valence-corrected chi connectivity index (χ4v) is 2.25. The van der Waals surface area contributed by atoms with Crippen LogP contribution in [0.5, 0.6) is 0 Å². The van der Waals surface area contributed by atoms with E-state index in [1.165, 1.54) is 5.56 Å². The molecule has 0 aliphatic heterocycles. The number of benzene rings is 1. The Morgan fingerprint density at radius 1 is 1.30 bits per heavy atom. The molecular formula is C17H23N3O3. The Kier molecular flexibility index (Phi) is 6.62. The van der Waals surface area contributed by atoms with Crippen LogP contribution in [0.2, 0.25) is 0 Å². The molecule has 0 bridgehead atoms. The summed E-state index contributed by atoms with van der Waals surface area (Å²) in [6, 6.07) is 11.7.